The fourth-order valence-electron chi connectivity index (χ4n) is 1.01. The van der Waals surface area contributed by atoms with Gasteiger partial charge < -0.3 is 9.47 Å². The van der Waals surface area contributed by atoms with E-state index in [1.807, 2.05) is 24.3 Å². The van der Waals surface area contributed by atoms with Crippen molar-refractivity contribution in [3.8, 4) is 5.75 Å². The number of benzene rings is 1. The first-order chi connectivity index (χ1) is 6.36. The van der Waals surface area contributed by atoms with Gasteiger partial charge in [0, 0.05) is 5.33 Å². The quantitative estimate of drug-likeness (QED) is 0.586. The van der Waals surface area contributed by atoms with E-state index in [1.165, 1.54) is 0 Å². The molecule has 0 N–H and O–H groups in total. The summed E-state index contributed by atoms with van der Waals surface area (Å²) >= 11 is 3.30. The molecule has 0 radical (unpaired) electrons. The van der Waals surface area contributed by atoms with Gasteiger partial charge in [-0.25, -0.2) is 0 Å². The van der Waals surface area contributed by atoms with Crippen LogP contribution in [-0.4, -0.2) is 19.0 Å². The Labute approximate surface area is 87.0 Å². The van der Waals surface area contributed by atoms with Crippen molar-refractivity contribution >= 4 is 15.9 Å². The number of methoxy groups -OCH3 is 1. The van der Waals surface area contributed by atoms with Crippen LogP contribution < -0.4 is 4.74 Å². The van der Waals surface area contributed by atoms with Gasteiger partial charge >= 0.3 is 0 Å². The zero-order valence-electron chi connectivity index (χ0n) is 7.63. The van der Waals surface area contributed by atoms with Crippen molar-refractivity contribution in [1.82, 2.24) is 0 Å². The number of alkyl halides is 1. The summed E-state index contributed by atoms with van der Waals surface area (Å²) in [6.07, 6.45) is 0. The van der Waals surface area contributed by atoms with Gasteiger partial charge in [0.05, 0.1) is 20.3 Å². The number of halogens is 1. The Hall–Kier alpha value is -0.540. The molecule has 72 valence electrons. The molecular weight excluding hydrogens is 232 g/mol. The second kappa shape index (κ2) is 6.00. The summed E-state index contributed by atoms with van der Waals surface area (Å²) in [6.45, 7) is 1.38. The molecule has 1 rings (SSSR count). The standard InChI is InChI=1S/C10H13BrO2/c1-12-10-4-2-3-9(7-10)8-13-6-5-11/h2-4,7H,5-6,8H2,1H3. The molecule has 0 saturated carbocycles. The molecule has 0 fully saturated rings. The topological polar surface area (TPSA) is 18.5 Å². The van der Waals surface area contributed by atoms with Gasteiger partial charge in [-0.3, -0.25) is 0 Å². The average molecular weight is 245 g/mol. The van der Waals surface area contributed by atoms with Gasteiger partial charge in [-0.1, -0.05) is 28.1 Å². The predicted molar refractivity (Wildman–Crippen MR) is 56.4 cm³/mol. The average Bonchev–Trinajstić information content (AvgIpc) is 2.19. The Kier molecular flexibility index (Phi) is 4.86. The van der Waals surface area contributed by atoms with Crippen LogP contribution in [0.15, 0.2) is 24.3 Å². The lowest BCUT2D eigenvalue weighted by molar-refractivity contribution is 0.137. The van der Waals surface area contributed by atoms with Gasteiger partial charge in [0.15, 0.2) is 0 Å². The minimum Gasteiger partial charge on any atom is -0.497 e. The van der Waals surface area contributed by atoms with Crippen molar-refractivity contribution in [3.63, 3.8) is 0 Å². The largest absolute Gasteiger partial charge is 0.497 e. The summed E-state index contributed by atoms with van der Waals surface area (Å²) in [5.74, 6) is 0.875. The predicted octanol–water partition coefficient (Wildman–Crippen LogP) is 2.61. The summed E-state index contributed by atoms with van der Waals surface area (Å²) < 4.78 is 10.5. The smallest absolute Gasteiger partial charge is 0.119 e. The fraction of sp³-hybridized carbons (Fsp3) is 0.400. The maximum Gasteiger partial charge on any atom is 0.119 e. The second-order valence-corrected chi connectivity index (χ2v) is 3.39. The molecule has 0 unspecified atom stereocenters. The molecule has 3 heteroatoms. The van der Waals surface area contributed by atoms with Crippen LogP contribution in [0, 0.1) is 0 Å². The van der Waals surface area contributed by atoms with Crippen LogP contribution >= 0.6 is 15.9 Å². The summed E-state index contributed by atoms with van der Waals surface area (Å²) in [5, 5.41) is 0.872. The molecule has 1 aromatic rings. The van der Waals surface area contributed by atoms with E-state index in [1.54, 1.807) is 7.11 Å². The van der Waals surface area contributed by atoms with Crippen LogP contribution in [0.4, 0.5) is 0 Å². The lowest BCUT2D eigenvalue weighted by Gasteiger charge is -2.04. The third-order valence-corrected chi connectivity index (χ3v) is 1.95. The highest BCUT2D eigenvalue weighted by Gasteiger charge is 1.95. The highest BCUT2D eigenvalue weighted by Crippen LogP contribution is 2.12. The first-order valence-electron chi connectivity index (χ1n) is 4.13. The van der Waals surface area contributed by atoms with E-state index in [0.717, 1.165) is 23.2 Å². The molecular formula is C10H13BrO2. The van der Waals surface area contributed by atoms with Crippen LogP contribution in [-0.2, 0) is 11.3 Å². The highest BCUT2D eigenvalue weighted by atomic mass is 79.9. The summed E-state index contributed by atoms with van der Waals surface area (Å²) in [4.78, 5) is 0. The zero-order valence-corrected chi connectivity index (χ0v) is 9.21. The SMILES string of the molecule is COc1cccc(COCCBr)c1. The third kappa shape index (κ3) is 3.79. The molecule has 0 bridgehead atoms. The van der Waals surface area contributed by atoms with Crippen LogP contribution in [0.3, 0.4) is 0 Å². The zero-order chi connectivity index (χ0) is 9.52. The van der Waals surface area contributed by atoms with Gasteiger partial charge in [0.2, 0.25) is 0 Å². The molecule has 0 saturated heterocycles. The van der Waals surface area contributed by atoms with E-state index in [2.05, 4.69) is 15.9 Å². The molecule has 0 aliphatic heterocycles. The molecule has 0 heterocycles. The number of ether oxygens (including phenoxy) is 2. The van der Waals surface area contributed by atoms with Crippen LogP contribution in [0.1, 0.15) is 5.56 Å². The third-order valence-electron chi connectivity index (χ3n) is 1.62. The van der Waals surface area contributed by atoms with Crippen molar-refractivity contribution in [2.75, 3.05) is 19.0 Å². The van der Waals surface area contributed by atoms with Crippen molar-refractivity contribution in [1.29, 1.82) is 0 Å². The van der Waals surface area contributed by atoms with Gasteiger partial charge in [-0.2, -0.15) is 0 Å². The molecule has 1 aromatic carbocycles. The maximum atomic E-state index is 5.37. The molecule has 0 aromatic heterocycles. The van der Waals surface area contributed by atoms with Crippen LogP contribution in [0.25, 0.3) is 0 Å². The van der Waals surface area contributed by atoms with Gasteiger partial charge in [-0.15, -0.1) is 0 Å². The lowest BCUT2D eigenvalue weighted by atomic mass is 10.2. The van der Waals surface area contributed by atoms with E-state index >= 15 is 0 Å². The summed E-state index contributed by atoms with van der Waals surface area (Å²) in [5.41, 5.74) is 1.14. The molecule has 0 amide bonds. The first kappa shape index (κ1) is 10.5. The van der Waals surface area contributed by atoms with Gasteiger partial charge in [-0.05, 0) is 17.7 Å². The molecule has 13 heavy (non-hydrogen) atoms. The second-order valence-electron chi connectivity index (χ2n) is 2.59. The minimum absolute atomic E-state index is 0.642. The lowest BCUT2D eigenvalue weighted by Crippen LogP contribution is -1.96. The Morgan fingerprint density at radius 3 is 2.92 bits per heavy atom. The van der Waals surface area contributed by atoms with E-state index < -0.39 is 0 Å². The Bertz CT molecular complexity index is 250. The van der Waals surface area contributed by atoms with Gasteiger partial charge in [0.25, 0.3) is 0 Å². The van der Waals surface area contributed by atoms with E-state index in [0.29, 0.717) is 6.61 Å². The Morgan fingerprint density at radius 1 is 1.38 bits per heavy atom. The number of rotatable bonds is 5. The van der Waals surface area contributed by atoms with Gasteiger partial charge in [0.1, 0.15) is 5.75 Å². The van der Waals surface area contributed by atoms with Crippen molar-refractivity contribution in [2.45, 2.75) is 6.61 Å². The number of hydrogen-bond donors (Lipinski definition) is 0. The highest BCUT2D eigenvalue weighted by molar-refractivity contribution is 9.09. The monoisotopic (exact) mass is 244 g/mol. The normalized spacial score (nSPS) is 10.0. The van der Waals surface area contributed by atoms with E-state index in [4.69, 9.17) is 9.47 Å². The fourth-order valence-corrected chi connectivity index (χ4v) is 1.24. The minimum atomic E-state index is 0.642. The van der Waals surface area contributed by atoms with E-state index in [-0.39, 0.29) is 0 Å². The van der Waals surface area contributed by atoms with Crippen molar-refractivity contribution < 1.29 is 9.47 Å². The first-order valence-corrected chi connectivity index (χ1v) is 5.25. The molecule has 2 nitrogen and oxygen atoms in total. The number of hydrogen-bond acceptors (Lipinski definition) is 2. The maximum absolute atomic E-state index is 5.37. The molecule has 0 aliphatic rings. The summed E-state index contributed by atoms with van der Waals surface area (Å²) in [7, 11) is 1.67. The Balaban J connectivity index is 2.46. The summed E-state index contributed by atoms with van der Waals surface area (Å²) in [6, 6.07) is 7.89. The van der Waals surface area contributed by atoms with E-state index in [9.17, 15) is 0 Å². The van der Waals surface area contributed by atoms with Crippen LogP contribution in [0.2, 0.25) is 0 Å². The van der Waals surface area contributed by atoms with Crippen molar-refractivity contribution in [3.05, 3.63) is 29.8 Å². The molecule has 0 spiro atoms. The molecule has 0 aliphatic carbocycles. The van der Waals surface area contributed by atoms with Crippen LogP contribution in [0.5, 0.6) is 5.75 Å². The van der Waals surface area contributed by atoms with Crippen molar-refractivity contribution in [2.24, 2.45) is 0 Å². The molecule has 0 atom stereocenters. The Morgan fingerprint density at radius 2 is 2.23 bits per heavy atom.